The summed E-state index contributed by atoms with van der Waals surface area (Å²) >= 11 is 0. The van der Waals surface area contributed by atoms with E-state index in [4.69, 9.17) is 14.6 Å². The number of carbonyl (C=O) groups is 1. The number of carboxylic acid groups (broad SMARTS) is 1. The molecular formula is C21H18FNO6S. The Bertz CT molecular complexity index is 1190. The molecule has 2 N–H and O–H groups in total. The summed E-state index contributed by atoms with van der Waals surface area (Å²) in [5.41, 5.74) is 1.31. The first-order valence-electron chi connectivity index (χ1n) is 8.63. The first-order chi connectivity index (χ1) is 14.2. The highest BCUT2D eigenvalue weighted by Crippen LogP contribution is 2.34. The van der Waals surface area contributed by atoms with E-state index in [0.29, 0.717) is 11.1 Å². The maximum absolute atomic E-state index is 13.2. The number of anilines is 1. The molecule has 0 fully saturated rings. The topological polar surface area (TPSA) is 102 Å². The van der Waals surface area contributed by atoms with Crippen molar-refractivity contribution >= 4 is 21.7 Å². The Hall–Kier alpha value is -3.59. The summed E-state index contributed by atoms with van der Waals surface area (Å²) in [7, 11) is -1.33. The Morgan fingerprint density at radius 1 is 0.933 bits per heavy atom. The quantitative estimate of drug-likeness (QED) is 0.586. The lowest BCUT2D eigenvalue weighted by Gasteiger charge is -2.14. The summed E-state index contributed by atoms with van der Waals surface area (Å²) in [6.45, 7) is 0. The average Bonchev–Trinajstić information content (AvgIpc) is 2.73. The van der Waals surface area contributed by atoms with Crippen LogP contribution >= 0.6 is 0 Å². The van der Waals surface area contributed by atoms with Gasteiger partial charge in [0.05, 0.1) is 30.4 Å². The number of ether oxygens (including phenoxy) is 2. The number of methoxy groups -OCH3 is 2. The molecule has 0 heterocycles. The van der Waals surface area contributed by atoms with Crippen molar-refractivity contribution in [2.45, 2.75) is 4.90 Å². The number of nitrogens with one attached hydrogen (secondary N) is 1. The molecule has 0 saturated carbocycles. The van der Waals surface area contributed by atoms with Crippen molar-refractivity contribution in [2.24, 2.45) is 0 Å². The van der Waals surface area contributed by atoms with E-state index in [2.05, 4.69) is 4.72 Å². The van der Waals surface area contributed by atoms with Crippen molar-refractivity contribution in [1.82, 2.24) is 0 Å². The predicted molar refractivity (Wildman–Crippen MR) is 109 cm³/mol. The molecular weight excluding hydrogens is 413 g/mol. The fourth-order valence-corrected chi connectivity index (χ4v) is 3.90. The Kier molecular flexibility index (Phi) is 5.93. The van der Waals surface area contributed by atoms with Gasteiger partial charge in [0.25, 0.3) is 10.0 Å². The number of sulfonamides is 1. The highest BCUT2D eigenvalue weighted by atomic mass is 32.2. The van der Waals surface area contributed by atoms with Crippen LogP contribution in [0.2, 0.25) is 0 Å². The van der Waals surface area contributed by atoms with Crippen molar-refractivity contribution in [3.63, 3.8) is 0 Å². The second-order valence-electron chi connectivity index (χ2n) is 6.19. The number of aromatic carboxylic acids is 1. The van der Waals surface area contributed by atoms with Crippen molar-refractivity contribution in [3.05, 3.63) is 72.0 Å². The largest absolute Gasteiger partial charge is 0.496 e. The third-order valence-electron chi connectivity index (χ3n) is 4.33. The van der Waals surface area contributed by atoms with Crippen LogP contribution in [0.15, 0.2) is 65.6 Å². The molecule has 0 aromatic heterocycles. The van der Waals surface area contributed by atoms with Gasteiger partial charge in [-0.05, 0) is 48.0 Å². The Balaban J connectivity index is 1.97. The van der Waals surface area contributed by atoms with Crippen LogP contribution in [-0.2, 0) is 10.0 Å². The van der Waals surface area contributed by atoms with Crippen LogP contribution in [0.4, 0.5) is 10.1 Å². The van der Waals surface area contributed by atoms with Gasteiger partial charge < -0.3 is 14.6 Å². The van der Waals surface area contributed by atoms with Crippen LogP contribution in [0.5, 0.6) is 11.5 Å². The van der Waals surface area contributed by atoms with Gasteiger partial charge in [0.1, 0.15) is 17.3 Å². The summed E-state index contributed by atoms with van der Waals surface area (Å²) in [6, 6.07) is 13.8. The summed E-state index contributed by atoms with van der Waals surface area (Å²) in [5, 5.41) is 9.07. The van der Waals surface area contributed by atoms with Crippen molar-refractivity contribution in [1.29, 1.82) is 0 Å². The second kappa shape index (κ2) is 8.42. The highest BCUT2D eigenvalue weighted by molar-refractivity contribution is 7.92. The van der Waals surface area contributed by atoms with Gasteiger partial charge in [-0.1, -0.05) is 12.1 Å². The molecule has 0 aliphatic rings. The molecule has 0 radical (unpaired) electrons. The fourth-order valence-electron chi connectivity index (χ4n) is 2.82. The molecule has 3 aromatic rings. The molecule has 3 rings (SSSR count). The van der Waals surface area contributed by atoms with Crippen LogP contribution in [0, 0.1) is 5.82 Å². The van der Waals surface area contributed by atoms with Crippen LogP contribution in [0.1, 0.15) is 10.4 Å². The number of rotatable bonds is 7. The molecule has 9 heteroatoms. The van der Waals surface area contributed by atoms with Gasteiger partial charge in [-0.25, -0.2) is 17.6 Å². The van der Waals surface area contributed by atoms with Crippen molar-refractivity contribution in [2.75, 3.05) is 18.9 Å². The molecule has 0 saturated heterocycles. The van der Waals surface area contributed by atoms with Crippen molar-refractivity contribution in [3.8, 4) is 22.6 Å². The highest BCUT2D eigenvalue weighted by Gasteiger charge is 2.20. The zero-order valence-corrected chi connectivity index (χ0v) is 16.9. The first-order valence-corrected chi connectivity index (χ1v) is 10.1. The maximum atomic E-state index is 13.2. The maximum Gasteiger partial charge on any atom is 0.335 e. The summed E-state index contributed by atoms with van der Waals surface area (Å²) in [6.07, 6.45) is 0. The smallest absolute Gasteiger partial charge is 0.335 e. The van der Waals surface area contributed by atoms with E-state index in [1.807, 2.05) is 0 Å². The zero-order chi connectivity index (χ0) is 21.9. The molecule has 0 aliphatic heterocycles. The number of benzene rings is 3. The molecule has 0 bridgehead atoms. The van der Waals surface area contributed by atoms with E-state index in [0.717, 1.165) is 0 Å². The van der Waals surface area contributed by atoms with Crippen LogP contribution in [-0.4, -0.2) is 33.7 Å². The number of carboxylic acids is 1. The van der Waals surface area contributed by atoms with E-state index in [9.17, 15) is 17.6 Å². The molecule has 0 amide bonds. The van der Waals surface area contributed by atoms with E-state index in [1.165, 1.54) is 56.7 Å². The van der Waals surface area contributed by atoms with Gasteiger partial charge in [-0.2, -0.15) is 0 Å². The van der Waals surface area contributed by atoms with Gasteiger partial charge >= 0.3 is 5.97 Å². The second-order valence-corrected chi connectivity index (χ2v) is 7.88. The normalized spacial score (nSPS) is 11.0. The fraction of sp³-hybridized carbons (Fsp3) is 0.0952. The van der Waals surface area contributed by atoms with Gasteiger partial charge in [0.2, 0.25) is 0 Å². The zero-order valence-electron chi connectivity index (χ0n) is 16.0. The summed E-state index contributed by atoms with van der Waals surface area (Å²) in [4.78, 5) is 11.0. The average molecular weight is 431 g/mol. The molecule has 0 unspecified atom stereocenters. The molecule has 0 spiro atoms. The molecule has 156 valence electrons. The number of hydrogen-bond donors (Lipinski definition) is 2. The van der Waals surface area contributed by atoms with E-state index < -0.39 is 16.0 Å². The predicted octanol–water partition coefficient (Wildman–Crippen LogP) is 4.01. The van der Waals surface area contributed by atoms with Gasteiger partial charge in [0.15, 0.2) is 0 Å². The number of hydrogen-bond acceptors (Lipinski definition) is 5. The molecule has 3 aromatic carbocycles. The van der Waals surface area contributed by atoms with Crippen molar-refractivity contribution < 1.29 is 32.2 Å². The van der Waals surface area contributed by atoms with E-state index in [-0.39, 0.29) is 33.5 Å². The molecule has 0 atom stereocenters. The monoisotopic (exact) mass is 431 g/mol. The third-order valence-corrected chi connectivity index (χ3v) is 5.69. The Labute approximate surface area is 172 Å². The number of halogens is 1. The molecule has 30 heavy (non-hydrogen) atoms. The lowest BCUT2D eigenvalue weighted by atomic mass is 10.0. The lowest BCUT2D eigenvalue weighted by Crippen LogP contribution is -2.14. The van der Waals surface area contributed by atoms with Gasteiger partial charge in [0, 0.05) is 11.6 Å². The minimum Gasteiger partial charge on any atom is -0.496 e. The Morgan fingerprint density at radius 2 is 1.60 bits per heavy atom. The van der Waals surface area contributed by atoms with Crippen LogP contribution in [0.25, 0.3) is 11.1 Å². The van der Waals surface area contributed by atoms with Crippen LogP contribution in [0.3, 0.4) is 0 Å². The van der Waals surface area contributed by atoms with Gasteiger partial charge in [-0.15, -0.1) is 0 Å². The van der Waals surface area contributed by atoms with E-state index in [1.54, 1.807) is 18.2 Å². The van der Waals surface area contributed by atoms with E-state index >= 15 is 0 Å². The minimum absolute atomic E-state index is 0.0416. The summed E-state index contributed by atoms with van der Waals surface area (Å²) in [5.74, 6) is -1.20. The first kappa shape index (κ1) is 21.1. The summed E-state index contributed by atoms with van der Waals surface area (Å²) < 4.78 is 51.7. The molecule has 7 nitrogen and oxygen atoms in total. The Morgan fingerprint density at radius 3 is 2.20 bits per heavy atom. The van der Waals surface area contributed by atoms with Gasteiger partial charge in [-0.3, -0.25) is 4.72 Å². The van der Waals surface area contributed by atoms with Crippen LogP contribution < -0.4 is 14.2 Å². The molecule has 0 aliphatic carbocycles. The third kappa shape index (κ3) is 4.36. The standard InChI is InChI=1S/C21H18FNO6S/c1-28-19-12-16(8-9-17(19)13-3-6-15(22)7-4-13)30(26,27)23-18-10-5-14(21(24)25)11-20(18)29-2/h3-12,23H,1-2H3,(H,24,25). The lowest BCUT2D eigenvalue weighted by molar-refractivity contribution is 0.0696. The minimum atomic E-state index is -4.03. The SMILES string of the molecule is COc1cc(C(=O)O)ccc1NS(=O)(=O)c1ccc(-c2ccc(F)cc2)c(OC)c1.